The summed E-state index contributed by atoms with van der Waals surface area (Å²) in [5, 5.41) is 12.0. The molecule has 2 amide bonds. The number of benzene rings is 1. The molecule has 3 N–H and O–H groups in total. The number of sulfonamides is 2. The van der Waals surface area contributed by atoms with Crippen LogP contribution in [0.2, 0.25) is 5.02 Å². The van der Waals surface area contributed by atoms with Crippen molar-refractivity contribution in [2.45, 2.75) is 10.3 Å². The molecule has 12 nitrogen and oxygen atoms in total. The van der Waals surface area contributed by atoms with Gasteiger partial charge in [0, 0.05) is 36.1 Å². The third kappa shape index (κ3) is 6.30. The molecular formula is C19H23ClN4O8S3. The third-order valence-electron chi connectivity index (χ3n) is 5.19. The Bertz CT molecular complexity index is 1280. The predicted octanol–water partition coefficient (Wildman–Crippen LogP) is 0.935. The number of hydrogen-bond acceptors (Lipinski definition) is 9. The molecular weight excluding hydrogens is 544 g/mol. The van der Waals surface area contributed by atoms with E-state index in [0.29, 0.717) is 9.90 Å². The minimum absolute atomic E-state index is 0.0447. The smallest absolute Gasteiger partial charge is 0.406 e. The second-order valence-electron chi connectivity index (χ2n) is 7.33. The molecule has 1 aliphatic heterocycles. The summed E-state index contributed by atoms with van der Waals surface area (Å²) in [4.78, 5) is 24.2. The molecule has 0 spiro atoms. The Balaban J connectivity index is 1.81. The van der Waals surface area contributed by atoms with Gasteiger partial charge in [0.15, 0.2) is 0 Å². The first-order valence-electron chi connectivity index (χ1n) is 10.1. The molecule has 0 radical (unpaired) electrons. The maximum atomic E-state index is 13.4. The summed E-state index contributed by atoms with van der Waals surface area (Å²) in [5.41, 5.74) is 2.16. The summed E-state index contributed by atoms with van der Waals surface area (Å²) in [6.45, 7) is -1.29. The Morgan fingerprint density at radius 2 is 1.83 bits per heavy atom. The summed E-state index contributed by atoms with van der Waals surface area (Å²) in [5.74, 6) is -1.56. The standard InChI is InChI=1S/C19H23ClN4O8S3/c1-32-19(26)21-8-11-34(28,29)23-9-10-24(15(12-23)18(25)22-27)35(30,31)17-7-6-16(33-17)13-2-4-14(20)5-3-13/h2-7,15,27H,8-12H2,1H3,(H,21,26)(H,22,25). The second-order valence-corrected chi connectivity index (χ2v) is 13.1. The zero-order valence-corrected chi connectivity index (χ0v) is 21.6. The van der Waals surface area contributed by atoms with E-state index >= 15 is 0 Å². The number of carbonyl (C=O) groups excluding carboxylic acids is 2. The lowest BCUT2D eigenvalue weighted by Crippen LogP contribution is -2.61. The monoisotopic (exact) mass is 566 g/mol. The average Bonchev–Trinajstić information content (AvgIpc) is 3.34. The number of hydroxylamine groups is 1. The van der Waals surface area contributed by atoms with E-state index in [1.807, 2.05) is 0 Å². The number of carbonyl (C=O) groups is 2. The Morgan fingerprint density at radius 3 is 2.46 bits per heavy atom. The molecule has 35 heavy (non-hydrogen) atoms. The fourth-order valence-corrected chi connectivity index (χ4v) is 7.88. The van der Waals surface area contributed by atoms with Gasteiger partial charge in [0.2, 0.25) is 10.0 Å². The maximum Gasteiger partial charge on any atom is 0.406 e. The Morgan fingerprint density at radius 1 is 1.14 bits per heavy atom. The van der Waals surface area contributed by atoms with E-state index in [4.69, 9.17) is 11.6 Å². The van der Waals surface area contributed by atoms with Crippen LogP contribution in [0.15, 0.2) is 40.6 Å². The minimum Gasteiger partial charge on any atom is -0.453 e. The van der Waals surface area contributed by atoms with E-state index in [1.165, 1.54) is 11.5 Å². The summed E-state index contributed by atoms with van der Waals surface area (Å²) in [6, 6.07) is 8.34. The largest absolute Gasteiger partial charge is 0.453 e. The molecule has 3 rings (SSSR count). The van der Waals surface area contributed by atoms with Gasteiger partial charge in [-0.15, -0.1) is 11.3 Å². The van der Waals surface area contributed by atoms with E-state index in [-0.39, 0.29) is 23.8 Å². The van der Waals surface area contributed by atoms with Crippen LogP contribution in [0.3, 0.4) is 0 Å². The summed E-state index contributed by atoms with van der Waals surface area (Å²) < 4.78 is 58.3. The highest BCUT2D eigenvalue weighted by Gasteiger charge is 2.43. The number of rotatable bonds is 8. The van der Waals surface area contributed by atoms with Gasteiger partial charge < -0.3 is 10.1 Å². The van der Waals surface area contributed by atoms with Crippen LogP contribution in [0.5, 0.6) is 0 Å². The Kier molecular flexibility index (Phi) is 8.74. The van der Waals surface area contributed by atoms with Crippen LogP contribution < -0.4 is 10.8 Å². The molecule has 1 aliphatic rings. The first-order valence-corrected chi connectivity index (χ1v) is 14.3. The van der Waals surface area contributed by atoms with E-state index < -0.39 is 50.4 Å². The molecule has 0 saturated carbocycles. The second kappa shape index (κ2) is 11.2. The SMILES string of the molecule is COC(=O)NCCS(=O)(=O)N1CCN(S(=O)(=O)c2ccc(-c3ccc(Cl)cc3)s2)C(C(=O)NO)C1. The van der Waals surface area contributed by atoms with Gasteiger partial charge in [0.25, 0.3) is 15.9 Å². The molecule has 0 aliphatic carbocycles. The van der Waals surface area contributed by atoms with Gasteiger partial charge in [0.1, 0.15) is 10.3 Å². The Hall–Kier alpha value is -2.27. The molecule has 2 aromatic rings. The van der Waals surface area contributed by atoms with Crippen molar-refractivity contribution in [3.05, 3.63) is 41.4 Å². The van der Waals surface area contributed by atoms with Crippen LogP contribution in [0.25, 0.3) is 10.4 Å². The number of nitrogens with one attached hydrogen (secondary N) is 2. The van der Waals surface area contributed by atoms with Crippen molar-refractivity contribution < 1.29 is 36.4 Å². The number of amides is 2. The van der Waals surface area contributed by atoms with Gasteiger partial charge in [-0.2, -0.15) is 8.61 Å². The third-order valence-corrected chi connectivity index (χ3v) is 10.8. The van der Waals surface area contributed by atoms with Gasteiger partial charge in [-0.05, 0) is 29.8 Å². The predicted molar refractivity (Wildman–Crippen MR) is 128 cm³/mol. The van der Waals surface area contributed by atoms with Crippen LogP contribution in [0.4, 0.5) is 4.79 Å². The highest BCUT2D eigenvalue weighted by molar-refractivity contribution is 7.91. The van der Waals surface area contributed by atoms with E-state index in [0.717, 1.165) is 32.6 Å². The number of methoxy groups -OCH3 is 1. The number of piperazine rings is 1. The highest BCUT2D eigenvalue weighted by Crippen LogP contribution is 2.34. The van der Waals surface area contributed by atoms with Crippen LogP contribution in [-0.2, 0) is 29.6 Å². The van der Waals surface area contributed by atoms with Gasteiger partial charge in [-0.1, -0.05) is 23.7 Å². The van der Waals surface area contributed by atoms with Crippen molar-refractivity contribution in [1.29, 1.82) is 0 Å². The maximum absolute atomic E-state index is 13.4. The minimum atomic E-state index is -4.20. The molecule has 192 valence electrons. The van der Waals surface area contributed by atoms with Crippen molar-refractivity contribution in [2.75, 3.05) is 39.0 Å². The molecule has 1 atom stereocenters. The Labute approximate surface area is 211 Å². The van der Waals surface area contributed by atoms with Crippen molar-refractivity contribution >= 4 is 55.0 Å². The van der Waals surface area contributed by atoms with Gasteiger partial charge in [0.05, 0.1) is 12.9 Å². The molecule has 1 unspecified atom stereocenters. The molecule has 1 aromatic carbocycles. The molecule has 0 bridgehead atoms. The molecule has 2 heterocycles. The topological polar surface area (TPSA) is 162 Å². The molecule has 16 heteroatoms. The fourth-order valence-electron chi connectivity index (χ4n) is 3.40. The van der Waals surface area contributed by atoms with Crippen LogP contribution >= 0.6 is 22.9 Å². The summed E-state index contributed by atoms with van der Waals surface area (Å²) in [6.07, 6.45) is -0.803. The van der Waals surface area contributed by atoms with Crippen LogP contribution in [0.1, 0.15) is 0 Å². The lowest BCUT2D eigenvalue weighted by atomic mass is 10.2. The molecule has 1 fully saturated rings. The normalized spacial score (nSPS) is 17.6. The summed E-state index contributed by atoms with van der Waals surface area (Å²) >= 11 is 6.89. The first-order chi connectivity index (χ1) is 16.5. The first kappa shape index (κ1) is 27.3. The zero-order valence-electron chi connectivity index (χ0n) is 18.4. The number of hydrogen-bond donors (Lipinski definition) is 3. The van der Waals surface area contributed by atoms with Crippen molar-refractivity contribution in [2.24, 2.45) is 0 Å². The number of thiophene rings is 1. The fraction of sp³-hybridized carbons (Fsp3) is 0.368. The van der Waals surface area contributed by atoms with Gasteiger partial charge in [-0.25, -0.2) is 27.1 Å². The van der Waals surface area contributed by atoms with E-state index in [1.54, 1.807) is 30.3 Å². The average molecular weight is 567 g/mol. The van der Waals surface area contributed by atoms with E-state index in [2.05, 4.69) is 10.1 Å². The van der Waals surface area contributed by atoms with Crippen molar-refractivity contribution in [3.63, 3.8) is 0 Å². The van der Waals surface area contributed by atoms with Gasteiger partial charge in [-0.3, -0.25) is 10.0 Å². The highest BCUT2D eigenvalue weighted by atomic mass is 35.5. The number of alkyl carbamates (subject to hydrolysis) is 1. The van der Waals surface area contributed by atoms with Crippen LogP contribution in [-0.4, -0.2) is 87.7 Å². The van der Waals surface area contributed by atoms with E-state index in [9.17, 15) is 31.6 Å². The lowest BCUT2D eigenvalue weighted by molar-refractivity contribution is -0.134. The lowest BCUT2D eigenvalue weighted by Gasteiger charge is -2.38. The number of halogens is 1. The number of nitrogens with zero attached hydrogens (tertiary/aromatic N) is 2. The van der Waals surface area contributed by atoms with Gasteiger partial charge >= 0.3 is 6.09 Å². The summed E-state index contributed by atoms with van der Waals surface area (Å²) in [7, 11) is -7.03. The van der Waals surface area contributed by atoms with Crippen molar-refractivity contribution in [3.8, 4) is 10.4 Å². The molecule has 1 aromatic heterocycles. The quantitative estimate of drug-likeness (QED) is 0.314. The van der Waals surface area contributed by atoms with Crippen molar-refractivity contribution in [1.82, 2.24) is 19.4 Å². The number of ether oxygens (including phenoxy) is 1. The molecule has 1 saturated heterocycles. The zero-order chi connectivity index (χ0) is 25.8. The van der Waals surface area contributed by atoms with Crippen LogP contribution in [0, 0.1) is 0 Å².